The van der Waals surface area contributed by atoms with Crippen molar-refractivity contribution >= 4 is 11.1 Å². The molecule has 1 heterocycles. The van der Waals surface area contributed by atoms with Crippen LogP contribution in [0.4, 0.5) is 0 Å². The van der Waals surface area contributed by atoms with Gasteiger partial charge in [0.05, 0.1) is 0 Å². The molecule has 1 aromatic heterocycles. The van der Waals surface area contributed by atoms with Crippen LogP contribution in [0, 0.1) is 5.92 Å². The van der Waals surface area contributed by atoms with Crippen LogP contribution in [0.25, 0.3) is 11.1 Å². The smallest absolute Gasteiger partial charge is 0.181 e. The molecule has 0 radical (unpaired) electrons. The summed E-state index contributed by atoms with van der Waals surface area (Å²) in [7, 11) is 0. The lowest BCUT2D eigenvalue weighted by Gasteiger charge is -2.21. The van der Waals surface area contributed by atoms with Gasteiger partial charge in [0.25, 0.3) is 0 Å². The van der Waals surface area contributed by atoms with Gasteiger partial charge in [0.1, 0.15) is 5.52 Å². The maximum atomic E-state index is 5.32. The first-order valence-electron chi connectivity index (χ1n) is 7.45. The number of nitrogens with zero attached hydrogens (tertiary/aromatic N) is 1. The number of hydrogen-bond acceptors (Lipinski definition) is 3. The standard InChI is InChI=1S/C16H22N2O/c1-2-5-13(6-3-1)9-10-17-11-14-7-4-8-15-16(14)18-12-19-15/h4,7-8,12-13,17H,1-3,5-6,9-11H2. The number of benzene rings is 1. The van der Waals surface area contributed by atoms with Gasteiger partial charge in [-0.2, -0.15) is 0 Å². The highest BCUT2D eigenvalue weighted by Gasteiger charge is 2.12. The predicted octanol–water partition coefficient (Wildman–Crippen LogP) is 3.89. The fraction of sp³-hybridized carbons (Fsp3) is 0.562. The Morgan fingerprint density at radius 1 is 1.21 bits per heavy atom. The normalized spacial score (nSPS) is 17.1. The van der Waals surface area contributed by atoms with Crippen LogP contribution in [-0.4, -0.2) is 11.5 Å². The van der Waals surface area contributed by atoms with Gasteiger partial charge in [-0.15, -0.1) is 0 Å². The molecule has 3 heteroatoms. The minimum absolute atomic E-state index is 0.881. The Labute approximate surface area is 114 Å². The van der Waals surface area contributed by atoms with E-state index in [1.54, 1.807) is 0 Å². The second-order valence-electron chi connectivity index (χ2n) is 5.59. The van der Waals surface area contributed by atoms with E-state index in [1.165, 1.54) is 50.5 Å². The fourth-order valence-corrected chi connectivity index (χ4v) is 3.09. The van der Waals surface area contributed by atoms with Crippen molar-refractivity contribution in [2.24, 2.45) is 5.92 Å². The third-order valence-corrected chi connectivity index (χ3v) is 4.21. The number of nitrogens with one attached hydrogen (secondary N) is 1. The molecule has 0 aliphatic heterocycles. The van der Waals surface area contributed by atoms with E-state index < -0.39 is 0 Å². The van der Waals surface area contributed by atoms with Gasteiger partial charge in [0.15, 0.2) is 12.0 Å². The number of para-hydroxylation sites is 1. The van der Waals surface area contributed by atoms with Gasteiger partial charge in [0.2, 0.25) is 0 Å². The van der Waals surface area contributed by atoms with Crippen LogP contribution in [0.3, 0.4) is 0 Å². The minimum atomic E-state index is 0.881. The topological polar surface area (TPSA) is 38.1 Å². The molecular formula is C16H22N2O. The average Bonchev–Trinajstić information content (AvgIpc) is 2.94. The molecule has 19 heavy (non-hydrogen) atoms. The van der Waals surface area contributed by atoms with Crippen LogP contribution in [0.5, 0.6) is 0 Å². The first-order chi connectivity index (χ1) is 9.43. The summed E-state index contributed by atoms with van der Waals surface area (Å²) >= 11 is 0. The summed E-state index contributed by atoms with van der Waals surface area (Å²) in [5.74, 6) is 0.948. The Bertz CT molecular complexity index is 514. The molecule has 0 atom stereocenters. The summed E-state index contributed by atoms with van der Waals surface area (Å²) in [5, 5.41) is 3.55. The van der Waals surface area contributed by atoms with E-state index in [2.05, 4.69) is 16.4 Å². The van der Waals surface area contributed by atoms with Crippen molar-refractivity contribution in [3.05, 3.63) is 30.2 Å². The highest BCUT2D eigenvalue weighted by atomic mass is 16.3. The molecule has 3 nitrogen and oxygen atoms in total. The number of hydrogen-bond donors (Lipinski definition) is 1. The van der Waals surface area contributed by atoms with E-state index in [4.69, 9.17) is 4.42 Å². The van der Waals surface area contributed by atoms with Crippen molar-refractivity contribution in [3.8, 4) is 0 Å². The van der Waals surface area contributed by atoms with Gasteiger partial charge < -0.3 is 9.73 Å². The molecule has 0 unspecified atom stereocenters. The number of fused-ring (bicyclic) bond motifs is 1. The molecule has 0 saturated heterocycles. The Hall–Kier alpha value is -1.35. The molecule has 1 N–H and O–H groups in total. The van der Waals surface area contributed by atoms with Crippen molar-refractivity contribution in [2.75, 3.05) is 6.54 Å². The van der Waals surface area contributed by atoms with Gasteiger partial charge in [-0.05, 0) is 30.5 Å². The maximum absolute atomic E-state index is 5.32. The summed E-state index contributed by atoms with van der Waals surface area (Å²) < 4.78 is 5.32. The quantitative estimate of drug-likeness (QED) is 0.827. The van der Waals surface area contributed by atoms with E-state index >= 15 is 0 Å². The van der Waals surface area contributed by atoms with E-state index in [9.17, 15) is 0 Å². The lowest BCUT2D eigenvalue weighted by molar-refractivity contribution is 0.334. The van der Waals surface area contributed by atoms with Crippen LogP contribution < -0.4 is 5.32 Å². The molecule has 1 fully saturated rings. The number of rotatable bonds is 5. The lowest BCUT2D eigenvalue weighted by Crippen LogP contribution is -2.19. The van der Waals surface area contributed by atoms with Crippen molar-refractivity contribution in [2.45, 2.75) is 45.1 Å². The lowest BCUT2D eigenvalue weighted by atomic mass is 9.87. The molecule has 1 aliphatic rings. The third kappa shape index (κ3) is 3.16. The summed E-state index contributed by atoms with van der Waals surface area (Å²) in [5.41, 5.74) is 3.11. The van der Waals surface area contributed by atoms with Crippen LogP contribution in [0.2, 0.25) is 0 Å². The second-order valence-corrected chi connectivity index (χ2v) is 5.59. The zero-order valence-corrected chi connectivity index (χ0v) is 11.4. The number of oxazole rings is 1. The third-order valence-electron chi connectivity index (χ3n) is 4.21. The zero-order chi connectivity index (χ0) is 12.9. The van der Waals surface area contributed by atoms with Crippen LogP contribution in [0.1, 0.15) is 44.1 Å². The Balaban J connectivity index is 1.48. The van der Waals surface area contributed by atoms with Gasteiger partial charge in [-0.1, -0.05) is 44.2 Å². The van der Waals surface area contributed by atoms with Crippen molar-refractivity contribution < 1.29 is 4.42 Å². The highest BCUT2D eigenvalue weighted by Crippen LogP contribution is 2.25. The average molecular weight is 258 g/mol. The van der Waals surface area contributed by atoms with E-state index in [0.29, 0.717) is 0 Å². The zero-order valence-electron chi connectivity index (χ0n) is 11.4. The summed E-state index contributed by atoms with van der Waals surface area (Å²) in [6.45, 7) is 2.00. The SMILES string of the molecule is c1cc(CNCCC2CCCCC2)c2ncoc2c1. The first kappa shape index (κ1) is 12.7. The molecule has 1 aromatic carbocycles. The summed E-state index contributed by atoms with van der Waals surface area (Å²) in [6, 6.07) is 6.12. The molecule has 1 aliphatic carbocycles. The van der Waals surface area contributed by atoms with Gasteiger partial charge in [0, 0.05) is 6.54 Å². The maximum Gasteiger partial charge on any atom is 0.181 e. The number of aromatic nitrogens is 1. The Kier molecular flexibility index (Phi) is 4.13. The molecule has 0 amide bonds. The van der Waals surface area contributed by atoms with Gasteiger partial charge in [-0.25, -0.2) is 4.98 Å². The first-order valence-corrected chi connectivity index (χ1v) is 7.45. The van der Waals surface area contributed by atoms with Crippen LogP contribution in [-0.2, 0) is 6.54 Å². The van der Waals surface area contributed by atoms with Crippen molar-refractivity contribution in [3.63, 3.8) is 0 Å². The molecule has 0 bridgehead atoms. The molecular weight excluding hydrogens is 236 g/mol. The molecule has 2 aromatic rings. The largest absolute Gasteiger partial charge is 0.443 e. The summed E-state index contributed by atoms with van der Waals surface area (Å²) in [6.07, 6.45) is 10.0. The minimum Gasteiger partial charge on any atom is -0.443 e. The van der Waals surface area contributed by atoms with Crippen LogP contribution >= 0.6 is 0 Å². The monoisotopic (exact) mass is 258 g/mol. The fourth-order valence-electron chi connectivity index (χ4n) is 3.09. The van der Waals surface area contributed by atoms with Crippen molar-refractivity contribution in [1.29, 1.82) is 0 Å². The Morgan fingerprint density at radius 3 is 3.00 bits per heavy atom. The van der Waals surface area contributed by atoms with Gasteiger partial charge in [-0.3, -0.25) is 0 Å². The predicted molar refractivity (Wildman–Crippen MR) is 76.9 cm³/mol. The second kappa shape index (κ2) is 6.20. The van der Waals surface area contributed by atoms with E-state index in [0.717, 1.165) is 30.1 Å². The van der Waals surface area contributed by atoms with E-state index in [1.807, 2.05) is 12.1 Å². The molecule has 102 valence electrons. The van der Waals surface area contributed by atoms with Gasteiger partial charge >= 0.3 is 0 Å². The van der Waals surface area contributed by atoms with Crippen molar-refractivity contribution in [1.82, 2.24) is 10.3 Å². The Morgan fingerprint density at radius 2 is 2.11 bits per heavy atom. The van der Waals surface area contributed by atoms with Crippen LogP contribution in [0.15, 0.2) is 29.0 Å². The summed E-state index contributed by atoms with van der Waals surface area (Å²) in [4.78, 5) is 4.28. The molecule has 0 spiro atoms. The molecule has 3 rings (SSSR count). The van der Waals surface area contributed by atoms with E-state index in [-0.39, 0.29) is 0 Å². The molecule has 1 saturated carbocycles. The highest BCUT2D eigenvalue weighted by molar-refractivity contribution is 5.75.